The van der Waals surface area contributed by atoms with Crippen molar-refractivity contribution in [2.24, 2.45) is 4.99 Å². The average molecular weight is 433 g/mol. The highest BCUT2D eigenvalue weighted by atomic mass is 16.6. The Bertz CT molecular complexity index is 1120. The van der Waals surface area contributed by atoms with Crippen LogP contribution in [-0.2, 0) is 29.4 Å². The highest BCUT2D eigenvalue weighted by Gasteiger charge is 2.61. The Morgan fingerprint density at radius 1 is 0.969 bits per heavy atom. The highest BCUT2D eigenvalue weighted by molar-refractivity contribution is 6.24. The van der Waals surface area contributed by atoms with Crippen molar-refractivity contribution in [1.29, 1.82) is 0 Å². The van der Waals surface area contributed by atoms with Crippen molar-refractivity contribution in [2.45, 2.75) is 43.7 Å². The summed E-state index contributed by atoms with van der Waals surface area (Å²) in [6.45, 7) is 0. The van der Waals surface area contributed by atoms with Gasteiger partial charge in [-0.2, -0.15) is 0 Å². The number of pyridine rings is 2. The average Bonchev–Trinajstić information content (AvgIpc) is 3.32. The second-order valence-corrected chi connectivity index (χ2v) is 8.04. The van der Waals surface area contributed by atoms with Crippen LogP contribution in [0.4, 0.5) is 0 Å². The summed E-state index contributed by atoms with van der Waals surface area (Å²) >= 11 is 0. The summed E-state index contributed by atoms with van der Waals surface area (Å²) in [4.78, 5) is 40.1. The maximum atomic E-state index is 13.2. The van der Waals surface area contributed by atoms with Crippen molar-refractivity contribution in [3.8, 4) is 11.1 Å². The number of hydrogen-bond donors (Lipinski definition) is 0. The van der Waals surface area contributed by atoms with E-state index < -0.39 is 17.5 Å². The molecule has 8 heteroatoms. The van der Waals surface area contributed by atoms with E-state index in [-0.39, 0.29) is 23.1 Å². The van der Waals surface area contributed by atoms with Crippen LogP contribution in [0, 0.1) is 0 Å². The number of esters is 2. The maximum absolute atomic E-state index is 13.2. The van der Waals surface area contributed by atoms with Gasteiger partial charge in [0.25, 0.3) is 0 Å². The molecule has 1 saturated carbocycles. The molecule has 8 nitrogen and oxygen atoms in total. The van der Waals surface area contributed by atoms with E-state index in [1.165, 1.54) is 14.2 Å². The molecule has 2 aromatic heterocycles. The smallest absolute Gasteiger partial charge is 0.344 e. The Morgan fingerprint density at radius 2 is 1.56 bits per heavy atom. The molecule has 0 N–H and O–H groups in total. The first-order chi connectivity index (χ1) is 15.6. The summed E-state index contributed by atoms with van der Waals surface area (Å²) in [5, 5.41) is 0. The zero-order chi connectivity index (χ0) is 22.3. The van der Waals surface area contributed by atoms with Crippen LogP contribution in [0.2, 0.25) is 0 Å². The Balaban J connectivity index is 1.81. The Morgan fingerprint density at radius 3 is 2.12 bits per heavy atom. The molecular formula is C24H23N3O5. The van der Waals surface area contributed by atoms with Crippen LogP contribution >= 0.6 is 0 Å². The third-order valence-corrected chi connectivity index (χ3v) is 6.29. The molecule has 3 heterocycles. The van der Waals surface area contributed by atoms with Gasteiger partial charge in [-0.15, -0.1) is 0 Å². The van der Waals surface area contributed by atoms with Gasteiger partial charge in [-0.3, -0.25) is 9.97 Å². The van der Waals surface area contributed by atoms with Crippen LogP contribution < -0.4 is 0 Å². The van der Waals surface area contributed by atoms with Crippen LogP contribution in [0.1, 0.15) is 43.5 Å². The van der Waals surface area contributed by atoms with Gasteiger partial charge in [-0.25, -0.2) is 14.6 Å². The first kappa shape index (κ1) is 20.4. The van der Waals surface area contributed by atoms with E-state index in [2.05, 4.69) is 9.97 Å². The van der Waals surface area contributed by atoms with Gasteiger partial charge in [0.15, 0.2) is 0 Å². The van der Waals surface area contributed by atoms with Crippen LogP contribution in [0.3, 0.4) is 0 Å². The monoisotopic (exact) mass is 433 g/mol. The highest BCUT2D eigenvalue weighted by Crippen LogP contribution is 2.55. The van der Waals surface area contributed by atoms with Gasteiger partial charge >= 0.3 is 11.9 Å². The van der Waals surface area contributed by atoms with Gasteiger partial charge in [0.2, 0.25) is 11.5 Å². The lowest BCUT2D eigenvalue weighted by atomic mass is 9.88. The van der Waals surface area contributed by atoms with Crippen molar-refractivity contribution in [1.82, 2.24) is 9.97 Å². The number of aromatic nitrogens is 2. The van der Waals surface area contributed by atoms with E-state index in [4.69, 9.17) is 19.2 Å². The Labute approximate surface area is 185 Å². The van der Waals surface area contributed by atoms with E-state index in [1.807, 2.05) is 24.3 Å². The van der Waals surface area contributed by atoms with E-state index in [0.29, 0.717) is 11.4 Å². The lowest BCUT2D eigenvalue weighted by Crippen LogP contribution is -2.34. The topological polar surface area (TPSA) is 100.0 Å². The summed E-state index contributed by atoms with van der Waals surface area (Å²) in [5.74, 6) is -1.34. The number of fused-ring (bicyclic) bond motifs is 5. The van der Waals surface area contributed by atoms with E-state index in [0.717, 1.165) is 43.2 Å². The van der Waals surface area contributed by atoms with Crippen LogP contribution in [-0.4, -0.2) is 48.1 Å². The van der Waals surface area contributed by atoms with Crippen molar-refractivity contribution < 1.29 is 23.8 Å². The molecule has 0 atom stereocenters. The van der Waals surface area contributed by atoms with Gasteiger partial charge in [-0.1, -0.05) is 31.4 Å². The predicted molar refractivity (Wildman–Crippen MR) is 115 cm³/mol. The molecule has 1 fully saturated rings. The summed E-state index contributed by atoms with van der Waals surface area (Å²) < 4.78 is 16.7. The van der Waals surface area contributed by atoms with Gasteiger partial charge in [-0.05, 0) is 25.0 Å². The molecule has 0 saturated heterocycles. The minimum atomic E-state index is -1.53. The Kier molecular flexibility index (Phi) is 5.00. The zero-order valence-electron chi connectivity index (χ0n) is 18.0. The normalized spacial score (nSPS) is 20.1. The largest absolute Gasteiger partial charge is 0.466 e. The van der Waals surface area contributed by atoms with Crippen LogP contribution in [0.25, 0.3) is 11.1 Å². The summed E-state index contributed by atoms with van der Waals surface area (Å²) in [6, 6.07) is 7.40. The van der Waals surface area contributed by atoms with Crippen LogP contribution in [0.15, 0.2) is 52.8 Å². The van der Waals surface area contributed by atoms with Gasteiger partial charge in [0.1, 0.15) is 22.5 Å². The molecule has 0 unspecified atom stereocenters. The number of carbonyl (C=O) groups excluding carboxylic acids is 2. The zero-order valence-corrected chi connectivity index (χ0v) is 18.0. The second-order valence-electron chi connectivity index (χ2n) is 8.04. The van der Waals surface area contributed by atoms with Gasteiger partial charge < -0.3 is 14.2 Å². The minimum absolute atomic E-state index is 0.000243. The molecule has 2 aliphatic carbocycles. The number of aliphatic imine (C=N–C) groups is 1. The van der Waals surface area contributed by atoms with E-state index >= 15 is 0 Å². The van der Waals surface area contributed by atoms with Gasteiger partial charge in [0, 0.05) is 23.5 Å². The van der Waals surface area contributed by atoms with Crippen molar-refractivity contribution >= 4 is 17.8 Å². The molecule has 5 rings (SSSR count). The molecule has 1 spiro atoms. The van der Waals surface area contributed by atoms with Crippen molar-refractivity contribution in [3.63, 3.8) is 0 Å². The maximum Gasteiger partial charge on any atom is 0.344 e. The molecule has 0 amide bonds. The number of methoxy groups -OCH3 is 2. The SMILES string of the molecule is COC(=O)C1=C(C(=O)OC)C2(OC1=NC1CCCCC1)c1ncccc1-c1cccnc12. The summed E-state index contributed by atoms with van der Waals surface area (Å²) in [5.41, 5.74) is 0.949. The third-order valence-electron chi connectivity index (χ3n) is 6.29. The number of hydrogen-bond acceptors (Lipinski definition) is 8. The minimum Gasteiger partial charge on any atom is -0.466 e. The molecule has 32 heavy (non-hydrogen) atoms. The number of rotatable bonds is 3. The fraction of sp³-hybridized carbons (Fsp3) is 0.375. The molecule has 3 aliphatic rings. The molecule has 0 radical (unpaired) electrons. The lowest BCUT2D eigenvalue weighted by molar-refractivity contribution is -0.139. The van der Waals surface area contributed by atoms with E-state index in [9.17, 15) is 9.59 Å². The number of nitrogens with zero attached hydrogens (tertiary/aromatic N) is 3. The standard InChI is InChI=1S/C24H23N3O5/c1-30-22(28)17-18(23(29)31-2)24(32-21(17)27-14-8-4-3-5-9-14)19-15(10-6-12-25-19)16-11-7-13-26-20(16)24/h6-7,10-14H,3-5,8-9H2,1-2H3. The first-order valence-corrected chi connectivity index (χ1v) is 10.7. The Hall–Kier alpha value is -3.55. The molecule has 1 aliphatic heterocycles. The summed E-state index contributed by atoms with van der Waals surface area (Å²) in [7, 11) is 2.53. The van der Waals surface area contributed by atoms with E-state index in [1.54, 1.807) is 12.4 Å². The lowest BCUT2D eigenvalue weighted by Gasteiger charge is -2.26. The second kappa shape index (κ2) is 7.85. The summed E-state index contributed by atoms with van der Waals surface area (Å²) in [6.07, 6.45) is 8.31. The molecule has 2 aromatic rings. The number of carbonyl (C=O) groups is 2. The number of ether oxygens (including phenoxy) is 3. The fourth-order valence-corrected chi connectivity index (χ4v) is 4.89. The third kappa shape index (κ3) is 2.86. The van der Waals surface area contributed by atoms with Crippen molar-refractivity contribution in [3.05, 3.63) is 59.2 Å². The molecule has 0 aromatic carbocycles. The molecule has 0 bridgehead atoms. The quantitative estimate of drug-likeness (QED) is 0.686. The first-order valence-electron chi connectivity index (χ1n) is 10.7. The van der Waals surface area contributed by atoms with Crippen LogP contribution in [0.5, 0.6) is 0 Å². The predicted octanol–water partition coefficient (Wildman–Crippen LogP) is 3.10. The fourth-order valence-electron chi connectivity index (χ4n) is 4.89. The molecular weight excluding hydrogens is 410 g/mol. The van der Waals surface area contributed by atoms with Crippen molar-refractivity contribution in [2.75, 3.05) is 14.2 Å². The van der Waals surface area contributed by atoms with Gasteiger partial charge in [0.05, 0.1) is 20.3 Å². The molecule has 164 valence electrons.